The number of carbonyl (C=O) groups excluding carboxylic acids is 2. The Morgan fingerprint density at radius 1 is 1.20 bits per heavy atom. The van der Waals surface area contributed by atoms with Crippen LogP contribution < -0.4 is 0 Å². The van der Waals surface area contributed by atoms with E-state index in [2.05, 4.69) is 10.3 Å². The highest BCUT2D eigenvalue weighted by molar-refractivity contribution is 5.97. The van der Waals surface area contributed by atoms with E-state index in [1.807, 2.05) is 0 Å². The third-order valence-corrected chi connectivity index (χ3v) is 3.00. The fourth-order valence-electron chi connectivity index (χ4n) is 2.09. The van der Waals surface area contributed by atoms with Gasteiger partial charge in [-0.2, -0.15) is 0 Å². The molecule has 0 atom stereocenters. The molecule has 0 bridgehead atoms. The summed E-state index contributed by atoms with van der Waals surface area (Å²) in [6.45, 7) is 2.60. The van der Waals surface area contributed by atoms with E-state index in [9.17, 15) is 9.59 Å². The summed E-state index contributed by atoms with van der Waals surface area (Å²) in [6.07, 6.45) is 2.08. The van der Waals surface area contributed by atoms with Crippen LogP contribution in [0.2, 0.25) is 0 Å². The van der Waals surface area contributed by atoms with Gasteiger partial charge in [0.15, 0.2) is 5.69 Å². The maximum Gasteiger partial charge on any atom is 0.311 e. The maximum absolute atomic E-state index is 12.3. The zero-order valence-electron chi connectivity index (χ0n) is 10.8. The van der Waals surface area contributed by atoms with Crippen LogP contribution in [0.1, 0.15) is 33.2 Å². The first-order chi connectivity index (χ1) is 9.66. The van der Waals surface area contributed by atoms with Gasteiger partial charge in [0.2, 0.25) is 5.76 Å². The van der Waals surface area contributed by atoms with Crippen LogP contribution in [0.25, 0.3) is 0 Å². The zero-order valence-corrected chi connectivity index (χ0v) is 10.8. The van der Waals surface area contributed by atoms with Gasteiger partial charge in [0, 0.05) is 25.2 Å². The minimum Gasteiger partial charge on any atom is -0.361 e. The highest BCUT2D eigenvalue weighted by Crippen LogP contribution is 2.18. The minimum atomic E-state index is -0.395. The molecule has 2 aromatic rings. The number of nitrogens with zero attached hydrogens (tertiary/aromatic N) is 4. The average Bonchev–Trinajstić information content (AvgIpc) is 3.18. The van der Waals surface area contributed by atoms with Crippen LogP contribution in [0, 0.1) is 6.92 Å². The molecular weight excluding hydrogens is 264 g/mol. The second-order valence-electron chi connectivity index (χ2n) is 4.41. The fraction of sp³-hybridized carbons (Fsp3) is 0.333. The fourth-order valence-corrected chi connectivity index (χ4v) is 2.09. The summed E-state index contributed by atoms with van der Waals surface area (Å²) in [5, 5.41) is 9.86. The monoisotopic (exact) mass is 276 g/mol. The van der Waals surface area contributed by atoms with E-state index in [1.165, 1.54) is 28.3 Å². The molecule has 1 aliphatic rings. The Kier molecular flexibility index (Phi) is 2.97. The molecule has 20 heavy (non-hydrogen) atoms. The standard InChI is InChI=1S/C12H12N4O4/c1-8-7-9(14-19-8)11(17)15-5-2-6-16(15)12(18)10-3-4-13-20-10/h3-4,7H,2,5-6H2,1H3. The Hall–Kier alpha value is -2.64. The summed E-state index contributed by atoms with van der Waals surface area (Å²) in [5.41, 5.74) is 0.180. The number of rotatable bonds is 2. The van der Waals surface area contributed by atoms with Gasteiger partial charge in [-0.15, -0.1) is 0 Å². The van der Waals surface area contributed by atoms with Gasteiger partial charge in [-0.3, -0.25) is 9.59 Å². The second-order valence-corrected chi connectivity index (χ2v) is 4.41. The van der Waals surface area contributed by atoms with Gasteiger partial charge < -0.3 is 9.05 Å². The molecule has 0 N–H and O–H groups in total. The molecule has 1 aliphatic heterocycles. The number of amides is 2. The number of aryl methyl sites for hydroxylation is 1. The molecular formula is C12H12N4O4. The molecule has 0 aliphatic carbocycles. The minimum absolute atomic E-state index is 0.0982. The van der Waals surface area contributed by atoms with Gasteiger partial charge in [-0.1, -0.05) is 10.3 Å². The van der Waals surface area contributed by atoms with E-state index in [-0.39, 0.29) is 17.4 Å². The zero-order chi connectivity index (χ0) is 14.1. The molecule has 1 fully saturated rings. The van der Waals surface area contributed by atoms with Gasteiger partial charge in [0.05, 0.1) is 6.20 Å². The van der Waals surface area contributed by atoms with Gasteiger partial charge in [0.1, 0.15) is 5.76 Å². The first-order valence-corrected chi connectivity index (χ1v) is 6.14. The van der Waals surface area contributed by atoms with Crippen molar-refractivity contribution in [2.24, 2.45) is 0 Å². The van der Waals surface area contributed by atoms with Crippen molar-refractivity contribution in [1.29, 1.82) is 0 Å². The molecule has 3 heterocycles. The van der Waals surface area contributed by atoms with Gasteiger partial charge in [-0.05, 0) is 13.3 Å². The lowest BCUT2D eigenvalue weighted by Gasteiger charge is -2.25. The number of carbonyl (C=O) groups is 2. The Morgan fingerprint density at radius 2 is 1.95 bits per heavy atom. The van der Waals surface area contributed by atoms with Crippen LogP contribution in [0.15, 0.2) is 27.4 Å². The van der Waals surface area contributed by atoms with Crippen molar-refractivity contribution in [1.82, 2.24) is 20.3 Å². The highest BCUT2D eigenvalue weighted by Gasteiger charge is 2.34. The normalized spacial score (nSPS) is 14.8. The van der Waals surface area contributed by atoms with Crippen LogP contribution in [0.3, 0.4) is 0 Å². The first kappa shape index (κ1) is 12.4. The van der Waals surface area contributed by atoms with Crippen LogP contribution in [0.4, 0.5) is 0 Å². The van der Waals surface area contributed by atoms with Gasteiger partial charge in [0.25, 0.3) is 5.91 Å². The quantitative estimate of drug-likeness (QED) is 0.808. The predicted molar refractivity (Wildman–Crippen MR) is 64.4 cm³/mol. The summed E-state index contributed by atoms with van der Waals surface area (Å²) in [4.78, 5) is 24.5. The van der Waals surface area contributed by atoms with Crippen molar-refractivity contribution < 1.29 is 18.6 Å². The molecule has 8 heteroatoms. The topological polar surface area (TPSA) is 92.7 Å². The molecule has 2 aromatic heterocycles. The lowest BCUT2D eigenvalue weighted by atomic mass is 10.3. The number of hydrogen-bond donors (Lipinski definition) is 0. The van der Waals surface area contributed by atoms with Gasteiger partial charge >= 0.3 is 5.91 Å². The largest absolute Gasteiger partial charge is 0.361 e. The van der Waals surface area contributed by atoms with Crippen molar-refractivity contribution in [3.8, 4) is 0 Å². The number of aromatic nitrogens is 2. The molecule has 104 valence electrons. The third kappa shape index (κ3) is 2.04. The average molecular weight is 276 g/mol. The van der Waals surface area contributed by atoms with E-state index in [0.29, 0.717) is 25.3 Å². The molecule has 1 saturated heterocycles. The van der Waals surface area contributed by atoms with Crippen molar-refractivity contribution in [2.75, 3.05) is 13.1 Å². The molecule has 2 amide bonds. The summed E-state index contributed by atoms with van der Waals surface area (Å²) in [5.74, 6) is -0.123. The maximum atomic E-state index is 12.3. The summed E-state index contributed by atoms with van der Waals surface area (Å²) in [7, 11) is 0. The van der Waals surface area contributed by atoms with Crippen LogP contribution in [-0.4, -0.2) is 45.2 Å². The second kappa shape index (κ2) is 4.80. The molecule has 0 unspecified atom stereocenters. The smallest absolute Gasteiger partial charge is 0.311 e. The summed E-state index contributed by atoms with van der Waals surface area (Å²) in [6, 6.07) is 3.00. The van der Waals surface area contributed by atoms with E-state index in [4.69, 9.17) is 9.05 Å². The Morgan fingerprint density at radius 3 is 2.55 bits per heavy atom. The van der Waals surface area contributed by atoms with Crippen LogP contribution in [0.5, 0.6) is 0 Å². The van der Waals surface area contributed by atoms with E-state index < -0.39 is 5.91 Å². The van der Waals surface area contributed by atoms with E-state index >= 15 is 0 Å². The number of hydrazine groups is 1. The molecule has 0 radical (unpaired) electrons. The van der Waals surface area contributed by atoms with E-state index in [1.54, 1.807) is 6.92 Å². The van der Waals surface area contributed by atoms with Crippen LogP contribution >= 0.6 is 0 Å². The van der Waals surface area contributed by atoms with Crippen molar-refractivity contribution >= 4 is 11.8 Å². The molecule has 3 rings (SSSR count). The molecule has 0 saturated carbocycles. The highest BCUT2D eigenvalue weighted by atomic mass is 16.5. The first-order valence-electron chi connectivity index (χ1n) is 6.14. The van der Waals surface area contributed by atoms with E-state index in [0.717, 1.165) is 0 Å². The summed E-state index contributed by atoms with van der Waals surface area (Å²) < 4.78 is 9.72. The van der Waals surface area contributed by atoms with Crippen molar-refractivity contribution in [2.45, 2.75) is 13.3 Å². The van der Waals surface area contributed by atoms with Crippen LogP contribution in [-0.2, 0) is 0 Å². The lowest BCUT2D eigenvalue weighted by Crippen LogP contribution is -2.44. The Balaban J connectivity index is 1.82. The molecule has 0 aromatic carbocycles. The Bertz CT molecular complexity index is 634. The molecule has 8 nitrogen and oxygen atoms in total. The lowest BCUT2D eigenvalue weighted by molar-refractivity contribution is 0.0156. The molecule has 0 spiro atoms. The van der Waals surface area contributed by atoms with Gasteiger partial charge in [-0.25, -0.2) is 10.0 Å². The van der Waals surface area contributed by atoms with Crippen molar-refractivity contribution in [3.63, 3.8) is 0 Å². The number of hydrogen-bond acceptors (Lipinski definition) is 6. The predicted octanol–water partition coefficient (Wildman–Crippen LogP) is 0.874. The SMILES string of the molecule is Cc1cc(C(=O)N2CCCN2C(=O)c2ccno2)no1. The van der Waals surface area contributed by atoms with Crippen molar-refractivity contribution in [3.05, 3.63) is 35.5 Å². The Labute approximate surface area is 113 Å². The third-order valence-electron chi connectivity index (χ3n) is 3.00. The summed E-state index contributed by atoms with van der Waals surface area (Å²) >= 11 is 0.